The third-order valence-corrected chi connectivity index (χ3v) is 3.22. The Balaban J connectivity index is 2.11. The highest BCUT2D eigenvalue weighted by Crippen LogP contribution is 2.09. The number of hydrogen-bond donors (Lipinski definition) is 1. The van der Waals surface area contributed by atoms with Crippen molar-refractivity contribution in [1.82, 2.24) is 9.97 Å². The average molecular weight is 206 g/mol. The molecule has 2 aromatic rings. The molecule has 1 aromatic heterocycles. The zero-order chi connectivity index (χ0) is 9.80. The quantitative estimate of drug-likeness (QED) is 0.831. The Morgan fingerprint density at radius 1 is 1.29 bits per heavy atom. The molecule has 0 aliphatic rings. The van der Waals surface area contributed by atoms with Gasteiger partial charge in [0.2, 0.25) is 0 Å². The molecule has 1 N–H and O–H groups in total. The fourth-order valence-electron chi connectivity index (χ4n) is 1.16. The van der Waals surface area contributed by atoms with E-state index in [1.807, 2.05) is 30.3 Å². The molecule has 1 atom stereocenters. The van der Waals surface area contributed by atoms with Gasteiger partial charge in [-0.2, -0.15) is 0 Å². The first-order chi connectivity index (χ1) is 6.86. The SMILES string of the molecule is O=S(Cc1cnc[nH]1)c1ccccc1. The summed E-state index contributed by atoms with van der Waals surface area (Å²) in [6.07, 6.45) is 3.29. The van der Waals surface area contributed by atoms with Gasteiger partial charge in [-0.1, -0.05) is 18.2 Å². The zero-order valence-electron chi connectivity index (χ0n) is 7.51. The van der Waals surface area contributed by atoms with Crippen LogP contribution in [0.4, 0.5) is 0 Å². The summed E-state index contributed by atoms with van der Waals surface area (Å²) in [7, 11) is -0.984. The molecule has 0 spiro atoms. The van der Waals surface area contributed by atoms with Gasteiger partial charge in [0.1, 0.15) is 0 Å². The first-order valence-corrected chi connectivity index (χ1v) is 5.59. The number of nitrogens with one attached hydrogen (secondary N) is 1. The van der Waals surface area contributed by atoms with Crippen LogP contribution in [0.1, 0.15) is 5.69 Å². The van der Waals surface area contributed by atoms with E-state index in [1.54, 1.807) is 12.5 Å². The van der Waals surface area contributed by atoms with Crippen LogP contribution in [0.3, 0.4) is 0 Å². The molecule has 3 nitrogen and oxygen atoms in total. The van der Waals surface area contributed by atoms with E-state index >= 15 is 0 Å². The van der Waals surface area contributed by atoms with Crippen molar-refractivity contribution >= 4 is 10.8 Å². The van der Waals surface area contributed by atoms with Gasteiger partial charge in [0.25, 0.3) is 0 Å². The van der Waals surface area contributed by atoms with Crippen molar-refractivity contribution in [3.8, 4) is 0 Å². The Labute approximate surface area is 84.7 Å². The van der Waals surface area contributed by atoms with E-state index in [9.17, 15) is 4.21 Å². The van der Waals surface area contributed by atoms with Crippen LogP contribution in [-0.2, 0) is 16.6 Å². The maximum Gasteiger partial charge on any atom is 0.0922 e. The van der Waals surface area contributed by atoms with Crippen molar-refractivity contribution < 1.29 is 4.21 Å². The Morgan fingerprint density at radius 3 is 2.71 bits per heavy atom. The highest BCUT2D eigenvalue weighted by Gasteiger charge is 2.04. The van der Waals surface area contributed by atoms with Crippen LogP contribution >= 0.6 is 0 Å². The highest BCUT2D eigenvalue weighted by atomic mass is 32.2. The Kier molecular flexibility index (Phi) is 2.74. The van der Waals surface area contributed by atoms with Gasteiger partial charge >= 0.3 is 0 Å². The molecule has 1 heterocycles. The lowest BCUT2D eigenvalue weighted by Gasteiger charge is -1.99. The van der Waals surface area contributed by atoms with Gasteiger partial charge in [-0.25, -0.2) is 4.98 Å². The summed E-state index contributed by atoms with van der Waals surface area (Å²) in [5.74, 6) is 0.490. The van der Waals surface area contributed by atoms with Crippen LogP contribution in [-0.4, -0.2) is 14.2 Å². The molecule has 14 heavy (non-hydrogen) atoms. The molecule has 0 aliphatic heterocycles. The summed E-state index contributed by atoms with van der Waals surface area (Å²) in [6.45, 7) is 0. The molecule has 0 aliphatic carbocycles. The molecule has 1 unspecified atom stereocenters. The van der Waals surface area contributed by atoms with Gasteiger partial charge in [0.05, 0.1) is 22.9 Å². The highest BCUT2D eigenvalue weighted by molar-refractivity contribution is 7.84. The lowest BCUT2D eigenvalue weighted by atomic mass is 10.4. The molecule has 0 bridgehead atoms. The Hall–Kier alpha value is -1.42. The first kappa shape index (κ1) is 9.15. The van der Waals surface area contributed by atoms with Crippen molar-refractivity contribution in [1.29, 1.82) is 0 Å². The minimum atomic E-state index is -0.984. The van der Waals surface area contributed by atoms with Gasteiger partial charge in [-0.05, 0) is 12.1 Å². The van der Waals surface area contributed by atoms with E-state index in [2.05, 4.69) is 9.97 Å². The lowest BCUT2D eigenvalue weighted by molar-refractivity contribution is 0.682. The summed E-state index contributed by atoms with van der Waals surface area (Å²) in [4.78, 5) is 7.66. The number of H-pyrrole nitrogens is 1. The molecule has 4 heteroatoms. The third-order valence-electron chi connectivity index (χ3n) is 1.85. The smallest absolute Gasteiger partial charge is 0.0922 e. The minimum Gasteiger partial charge on any atom is -0.348 e. The maximum absolute atomic E-state index is 11.8. The van der Waals surface area contributed by atoms with Crippen LogP contribution in [0.2, 0.25) is 0 Å². The molecule has 0 radical (unpaired) electrons. The van der Waals surface area contributed by atoms with E-state index in [0.29, 0.717) is 5.75 Å². The number of nitrogens with zero attached hydrogens (tertiary/aromatic N) is 1. The van der Waals surface area contributed by atoms with Crippen molar-refractivity contribution in [2.45, 2.75) is 10.6 Å². The third kappa shape index (κ3) is 2.09. The molecule has 0 saturated carbocycles. The van der Waals surface area contributed by atoms with Gasteiger partial charge in [0, 0.05) is 16.8 Å². The number of aromatic nitrogens is 2. The molecule has 0 fully saturated rings. The molecular formula is C10H10N2OS. The molecule has 0 saturated heterocycles. The van der Waals surface area contributed by atoms with Crippen molar-refractivity contribution in [2.75, 3.05) is 0 Å². The van der Waals surface area contributed by atoms with Crippen molar-refractivity contribution in [3.63, 3.8) is 0 Å². The lowest BCUT2D eigenvalue weighted by Crippen LogP contribution is -1.96. The Bertz CT molecular complexity index is 411. The van der Waals surface area contributed by atoms with E-state index in [4.69, 9.17) is 0 Å². The number of hydrogen-bond acceptors (Lipinski definition) is 2. The fraction of sp³-hybridized carbons (Fsp3) is 0.100. The molecule has 72 valence electrons. The molecule has 2 rings (SSSR count). The number of benzene rings is 1. The topological polar surface area (TPSA) is 45.8 Å². The monoisotopic (exact) mass is 206 g/mol. The number of rotatable bonds is 3. The summed E-state index contributed by atoms with van der Waals surface area (Å²) < 4.78 is 11.8. The largest absolute Gasteiger partial charge is 0.348 e. The standard InChI is InChI=1S/C10H10N2OS/c13-14(7-9-6-11-8-12-9)10-4-2-1-3-5-10/h1-6,8H,7H2,(H,11,12). The number of imidazole rings is 1. The van der Waals surface area contributed by atoms with Crippen LogP contribution < -0.4 is 0 Å². The summed E-state index contributed by atoms with van der Waals surface area (Å²) in [5.41, 5.74) is 0.896. The second-order valence-electron chi connectivity index (χ2n) is 2.88. The van der Waals surface area contributed by atoms with Crippen LogP contribution in [0, 0.1) is 0 Å². The molecule has 1 aromatic carbocycles. The Morgan fingerprint density at radius 2 is 2.07 bits per heavy atom. The van der Waals surface area contributed by atoms with Gasteiger partial charge in [-0.15, -0.1) is 0 Å². The van der Waals surface area contributed by atoms with Gasteiger partial charge < -0.3 is 4.98 Å². The van der Waals surface area contributed by atoms with Crippen molar-refractivity contribution in [2.24, 2.45) is 0 Å². The van der Waals surface area contributed by atoms with Gasteiger partial charge in [0.15, 0.2) is 0 Å². The van der Waals surface area contributed by atoms with Crippen molar-refractivity contribution in [3.05, 3.63) is 48.5 Å². The summed E-state index contributed by atoms with van der Waals surface area (Å²) in [5, 5.41) is 0. The average Bonchev–Trinajstić information content (AvgIpc) is 2.72. The fourth-order valence-corrected chi connectivity index (χ4v) is 2.23. The summed E-state index contributed by atoms with van der Waals surface area (Å²) >= 11 is 0. The normalized spacial score (nSPS) is 12.6. The van der Waals surface area contributed by atoms with E-state index < -0.39 is 10.8 Å². The van der Waals surface area contributed by atoms with Crippen LogP contribution in [0.5, 0.6) is 0 Å². The first-order valence-electron chi connectivity index (χ1n) is 4.27. The predicted molar refractivity (Wildman–Crippen MR) is 55.1 cm³/mol. The molecule has 0 amide bonds. The van der Waals surface area contributed by atoms with Crippen LogP contribution in [0.25, 0.3) is 0 Å². The van der Waals surface area contributed by atoms with Gasteiger partial charge in [-0.3, -0.25) is 4.21 Å². The second kappa shape index (κ2) is 4.19. The molecular weight excluding hydrogens is 196 g/mol. The summed E-state index contributed by atoms with van der Waals surface area (Å²) in [6, 6.07) is 9.43. The van der Waals surface area contributed by atoms with E-state index in [1.165, 1.54) is 0 Å². The van der Waals surface area contributed by atoms with E-state index in [0.717, 1.165) is 10.6 Å². The predicted octanol–water partition coefficient (Wildman–Crippen LogP) is 1.72. The maximum atomic E-state index is 11.8. The van der Waals surface area contributed by atoms with Crippen LogP contribution in [0.15, 0.2) is 47.8 Å². The zero-order valence-corrected chi connectivity index (χ0v) is 8.33. The van der Waals surface area contributed by atoms with E-state index in [-0.39, 0.29) is 0 Å². The minimum absolute atomic E-state index is 0.490. The number of aromatic amines is 1. The second-order valence-corrected chi connectivity index (χ2v) is 4.33.